The molecule has 86 heavy (non-hydrogen) atoms. The zero-order valence-corrected chi connectivity index (χ0v) is 50.1. The number of carbonyl (C=O) groups is 4. The summed E-state index contributed by atoms with van der Waals surface area (Å²) in [5.41, 5.74) is 6.81. The first-order chi connectivity index (χ1) is 41.0. The van der Waals surface area contributed by atoms with Gasteiger partial charge < -0.3 is 49.4 Å². The number of carbonyl (C=O) groups excluding carboxylic acids is 4. The number of benzene rings is 2. The lowest BCUT2D eigenvalue weighted by atomic mass is 9.90. The highest BCUT2D eigenvalue weighted by molar-refractivity contribution is 7.46. The van der Waals surface area contributed by atoms with E-state index in [0.29, 0.717) is 108 Å². The first-order valence-electron chi connectivity index (χ1n) is 29.3. The molecule has 1 aliphatic carbocycles. The molecule has 0 radical (unpaired) electrons. The van der Waals surface area contributed by atoms with Gasteiger partial charge in [-0.05, 0) is 137 Å². The van der Waals surface area contributed by atoms with Crippen LogP contribution in [0.4, 0.5) is 45.9 Å². The van der Waals surface area contributed by atoms with Crippen molar-refractivity contribution >= 4 is 77.3 Å². The lowest BCUT2D eigenvalue weighted by molar-refractivity contribution is -0.111. The van der Waals surface area contributed by atoms with Crippen LogP contribution < -0.4 is 40.7 Å². The van der Waals surface area contributed by atoms with E-state index in [9.17, 15) is 43.4 Å². The SMILES string of the molecule is C=CC(=O)Nc1cc(Nc2nc(-c3ccnc(N4CCn5c(cc6c5CC(C)(C)C6)C4=O)c3CO)cn(C)c2=O)ccc1N1CCN(C2CCN(c3ccc4c(c3)C(=O)N(c3ccc(N5CCC(C)(OP(=O)(O)O)CC5)nc3)C4=O)[C@@H](C)C2)C[C@@H]1C. The van der Waals surface area contributed by atoms with E-state index < -0.39 is 43.3 Å². The Hall–Kier alpha value is -8.05. The van der Waals surface area contributed by atoms with Gasteiger partial charge in [-0.2, -0.15) is 0 Å². The number of nitrogens with one attached hydrogen (secondary N) is 2. The minimum Gasteiger partial charge on any atom is -0.392 e. The molecule has 2 aromatic carbocycles. The van der Waals surface area contributed by atoms with Crippen LogP contribution in [0.3, 0.4) is 0 Å². The van der Waals surface area contributed by atoms with Gasteiger partial charge in [0.15, 0.2) is 5.82 Å². The van der Waals surface area contributed by atoms with Crippen LogP contribution in [-0.4, -0.2) is 137 Å². The highest BCUT2D eigenvalue weighted by atomic mass is 31.2. The minimum absolute atomic E-state index is 0.0120. The molecule has 1 unspecified atom stereocenters. The van der Waals surface area contributed by atoms with E-state index in [1.807, 2.05) is 35.2 Å². The van der Waals surface area contributed by atoms with Crippen LogP contribution in [0.2, 0.25) is 0 Å². The van der Waals surface area contributed by atoms with E-state index in [-0.39, 0.29) is 35.3 Å². The maximum atomic E-state index is 14.1. The number of anilines is 8. The zero-order valence-electron chi connectivity index (χ0n) is 49.2. The third-order valence-electron chi connectivity index (χ3n) is 18.1. The molecule has 9 heterocycles. The van der Waals surface area contributed by atoms with Crippen LogP contribution in [-0.2, 0) is 46.9 Å². The summed E-state index contributed by atoms with van der Waals surface area (Å²) in [7, 11) is -3.03. The van der Waals surface area contributed by atoms with Crippen LogP contribution in [0, 0.1) is 5.41 Å². The number of phosphoric acid groups is 1. The average Bonchev–Trinajstić information content (AvgIpc) is 1.61. The summed E-state index contributed by atoms with van der Waals surface area (Å²) in [6.45, 7) is 18.6. The van der Waals surface area contributed by atoms with E-state index in [1.54, 1.807) is 61.6 Å². The Morgan fingerprint density at radius 2 is 1.60 bits per heavy atom. The van der Waals surface area contributed by atoms with Gasteiger partial charge in [0.1, 0.15) is 17.3 Å². The van der Waals surface area contributed by atoms with Crippen molar-refractivity contribution in [3.05, 3.63) is 136 Å². The monoisotopic (exact) mass is 1190 g/mol. The number of imide groups is 1. The summed E-state index contributed by atoms with van der Waals surface area (Å²) >= 11 is 0. The number of piperidine rings is 2. The van der Waals surface area contributed by atoms with E-state index in [1.165, 1.54) is 28.1 Å². The fraction of sp³-hybridized carbons (Fsp3) is 0.419. The quantitative estimate of drug-likeness (QED) is 0.0417. The van der Waals surface area contributed by atoms with Gasteiger partial charge in [-0.25, -0.2) is 24.4 Å². The van der Waals surface area contributed by atoms with Crippen molar-refractivity contribution in [3.8, 4) is 11.3 Å². The van der Waals surface area contributed by atoms with Gasteiger partial charge in [0.2, 0.25) is 5.91 Å². The van der Waals surface area contributed by atoms with Gasteiger partial charge in [0.05, 0.1) is 52.3 Å². The third kappa shape index (κ3) is 11.0. The summed E-state index contributed by atoms with van der Waals surface area (Å²) in [6.07, 6.45) is 10.2. The number of hydrogen-bond donors (Lipinski definition) is 5. The van der Waals surface area contributed by atoms with E-state index in [2.05, 4.69) is 74.1 Å². The number of piperazine rings is 1. The molecule has 0 saturated carbocycles. The molecule has 23 nitrogen and oxygen atoms in total. The number of aromatic nitrogens is 5. The minimum atomic E-state index is -4.65. The molecule has 6 aliphatic rings. The number of aliphatic hydroxyl groups is 1. The summed E-state index contributed by atoms with van der Waals surface area (Å²) in [6, 6.07) is 18.6. The molecule has 12 rings (SSSR count). The predicted molar refractivity (Wildman–Crippen MR) is 327 cm³/mol. The van der Waals surface area contributed by atoms with Crippen molar-refractivity contribution in [1.82, 2.24) is 29.0 Å². The second kappa shape index (κ2) is 22.3. The molecule has 3 fully saturated rings. The van der Waals surface area contributed by atoms with Gasteiger partial charge in [-0.3, -0.25) is 38.3 Å². The molecule has 4 aromatic heterocycles. The number of rotatable bonds is 14. The number of hydrogen-bond acceptors (Lipinski definition) is 16. The third-order valence-corrected chi connectivity index (χ3v) is 18.8. The van der Waals surface area contributed by atoms with Crippen molar-refractivity contribution < 1.29 is 43.2 Å². The summed E-state index contributed by atoms with van der Waals surface area (Å²) in [5, 5.41) is 17.1. The molecule has 0 spiro atoms. The average molecular weight is 1190 g/mol. The van der Waals surface area contributed by atoms with E-state index >= 15 is 0 Å². The molecule has 5 N–H and O–H groups in total. The van der Waals surface area contributed by atoms with Gasteiger partial charge in [-0.1, -0.05) is 20.4 Å². The molecule has 24 heteroatoms. The number of pyridine rings is 2. The Labute approximate surface area is 498 Å². The fourth-order valence-corrected chi connectivity index (χ4v) is 14.5. The molecule has 3 atom stereocenters. The number of aliphatic hydroxyl groups excluding tert-OH is 1. The maximum absolute atomic E-state index is 14.1. The molecule has 3 saturated heterocycles. The first-order valence-corrected chi connectivity index (χ1v) is 30.8. The summed E-state index contributed by atoms with van der Waals surface area (Å²) < 4.78 is 20.1. The molecule has 0 bridgehead atoms. The lowest BCUT2D eigenvalue weighted by Crippen LogP contribution is -2.58. The smallest absolute Gasteiger partial charge is 0.392 e. The normalized spacial score (nSPS) is 21.2. The standard InChI is InChI=1S/C62H72N13O10P/c1-8-54(77)66-48-29-40(65-55-60(81)68(7)35-49(67-55)44-15-19-63-56(47(44)36-76)74-26-25-73-51(59(74)80)28-39-31-61(4,5)32-52(39)73)9-13-50(48)72-24-23-70(34-38(72)3)41-16-20-71(37(2)27-41)42-10-12-45-46(30-42)58(79)75(57(45)78)43-11-14-53(64-33-43)69-21-17-62(6,18-22-69)85-86(82,83)84/h8-15,19,28-30,33,35,37-38,41,76H,1,16-18,20-27,31-32,34,36H2,2-7H3,(H,65,67)(H,66,77)(H2,82,83,84)/t37-,38-,41?/m0/s1. The maximum Gasteiger partial charge on any atom is 0.470 e. The van der Waals surface area contributed by atoms with Gasteiger partial charge >= 0.3 is 7.82 Å². The largest absolute Gasteiger partial charge is 0.470 e. The Bertz CT molecular complexity index is 3850. The highest BCUT2D eigenvalue weighted by Crippen LogP contribution is 2.46. The Kier molecular flexibility index (Phi) is 15.2. The van der Waals surface area contributed by atoms with Crippen LogP contribution in [0.15, 0.2) is 96.7 Å². The zero-order chi connectivity index (χ0) is 60.7. The number of aryl methyl sites for hydroxylation is 1. The first kappa shape index (κ1) is 58.3. The summed E-state index contributed by atoms with van der Waals surface area (Å²) in [5.74, 6) is -0.457. The van der Waals surface area contributed by atoms with Crippen LogP contribution >= 0.6 is 7.82 Å². The van der Waals surface area contributed by atoms with Crippen molar-refractivity contribution in [2.24, 2.45) is 12.5 Å². The topological polar surface area (TPSA) is 264 Å². The van der Waals surface area contributed by atoms with Crippen molar-refractivity contribution in [3.63, 3.8) is 0 Å². The van der Waals surface area contributed by atoms with Crippen LogP contribution in [0.25, 0.3) is 11.3 Å². The molecular formula is C62H72N13O10P. The van der Waals surface area contributed by atoms with Crippen molar-refractivity contribution in [2.75, 3.05) is 80.9 Å². The number of amides is 4. The number of nitrogens with zero attached hydrogens (tertiary/aromatic N) is 11. The van der Waals surface area contributed by atoms with Gasteiger partial charge in [-0.15, -0.1) is 0 Å². The van der Waals surface area contributed by atoms with E-state index in [0.717, 1.165) is 61.6 Å². The molecule has 450 valence electrons. The molecule has 4 amide bonds. The van der Waals surface area contributed by atoms with Crippen molar-refractivity contribution in [2.45, 2.75) is 110 Å². The molecule has 5 aliphatic heterocycles. The Morgan fingerprint density at radius 1 is 0.837 bits per heavy atom. The Balaban J connectivity index is 0.695. The number of fused-ring (bicyclic) bond motifs is 4. The fourth-order valence-electron chi connectivity index (χ4n) is 13.8. The molecule has 6 aromatic rings. The van der Waals surface area contributed by atoms with Gasteiger partial charge in [0, 0.05) is 118 Å². The van der Waals surface area contributed by atoms with E-state index in [4.69, 9.17) is 9.51 Å². The van der Waals surface area contributed by atoms with Crippen molar-refractivity contribution in [1.29, 1.82) is 0 Å². The second-order valence-electron chi connectivity index (χ2n) is 24.7. The highest BCUT2D eigenvalue weighted by Gasteiger charge is 2.42. The van der Waals surface area contributed by atoms with Gasteiger partial charge in [0.25, 0.3) is 23.3 Å². The number of phosphoric ester groups is 1. The lowest BCUT2D eigenvalue weighted by Gasteiger charge is -2.48. The van der Waals surface area contributed by atoms with Crippen LogP contribution in [0.1, 0.15) is 108 Å². The summed E-state index contributed by atoms with van der Waals surface area (Å²) in [4.78, 5) is 113. The molecular weight excluding hydrogens is 1120 g/mol. The van der Waals surface area contributed by atoms with Crippen LogP contribution in [0.5, 0.6) is 0 Å². The predicted octanol–water partition coefficient (Wildman–Crippen LogP) is 7.02. The Morgan fingerprint density at radius 3 is 2.31 bits per heavy atom. The second-order valence-corrected chi connectivity index (χ2v) is 25.9.